The van der Waals surface area contributed by atoms with Gasteiger partial charge < -0.3 is 9.13 Å². The minimum Gasteiger partial charge on any atom is -0.309 e. The van der Waals surface area contributed by atoms with Crippen molar-refractivity contribution in [2.45, 2.75) is 38.5 Å². The molecule has 0 atom stereocenters. The van der Waals surface area contributed by atoms with Crippen LogP contribution in [0.2, 0.25) is 0 Å². The molecular weight excluding hydrogens is 1200 g/mol. The van der Waals surface area contributed by atoms with Gasteiger partial charge in [-0.2, -0.15) is 0 Å². The van der Waals surface area contributed by atoms with Crippen LogP contribution < -0.4 is 15.9 Å². The standard InChI is InChI=1S/C47H34NOP.C43H28N4/c1-47(2)39-22-12-11-21-38(39)45-43-32(15-13-23-40(43)47)30-42-46(45)44-37-20-10-9-14-31(37)24-29-41(44)48(42)33-25-27-36(28-26-33)50(49,34-16-5-3-6-17-34)35-18-7-4-8-19-35;1-43(2)30-17-7-5-15-28(30)39-37-26(13-11-18-31(37)43)24-36-40(39)38-27-14-4-3-12-25(27)22-23-35(38)46(36)42-45-32-19-8-6-16-29(32)41-44-33-20-9-10-21-34(33)47(41)42/h3-30H,1-2H3;3-24H,1-2H3. The van der Waals surface area contributed by atoms with Gasteiger partial charge in [-0.1, -0.05) is 258 Å². The SMILES string of the molecule is CC1(C)c2ccccc2-c2c3c1cccc3cc1c2c2c3ccccc3ccc2n1-c1ccc(P(=O)(c2ccccc2)c2ccccc2)cc1.CC1(C)c2ccccc2-c2c3c1cccc3cc1c2c2c3ccccc3ccc2n1-c1nc2ccccc2c2nc3ccccc3n12. The third kappa shape index (κ3) is 7.70. The number of para-hydroxylation sites is 3. The molecule has 0 saturated heterocycles. The minimum absolute atomic E-state index is 0.126. The maximum absolute atomic E-state index is 15.2. The number of imidazole rings is 1. The zero-order valence-electron chi connectivity index (χ0n) is 54.0. The van der Waals surface area contributed by atoms with Gasteiger partial charge in [0.2, 0.25) is 5.95 Å². The molecule has 21 rings (SSSR count). The van der Waals surface area contributed by atoms with E-state index in [1.54, 1.807) is 0 Å². The van der Waals surface area contributed by atoms with Crippen LogP contribution in [-0.2, 0) is 15.4 Å². The molecule has 2 aliphatic rings. The van der Waals surface area contributed by atoms with Gasteiger partial charge in [0.15, 0.2) is 7.14 Å². The van der Waals surface area contributed by atoms with Crippen LogP contribution in [0.15, 0.2) is 303 Å². The maximum atomic E-state index is 15.2. The second kappa shape index (κ2) is 20.4. The highest BCUT2D eigenvalue weighted by Gasteiger charge is 2.38. The van der Waals surface area contributed by atoms with Gasteiger partial charge in [0.1, 0.15) is 5.65 Å². The molecule has 4 aromatic heterocycles. The molecule has 0 saturated carbocycles. The van der Waals surface area contributed by atoms with Gasteiger partial charge >= 0.3 is 0 Å². The van der Waals surface area contributed by atoms with Crippen LogP contribution in [-0.4, -0.2) is 23.5 Å². The molecule has 15 aromatic carbocycles. The molecule has 0 fully saturated rings. The molecule has 6 nitrogen and oxygen atoms in total. The summed E-state index contributed by atoms with van der Waals surface area (Å²) in [5.41, 5.74) is 20.0. The van der Waals surface area contributed by atoms with Crippen LogP contribution in [0.3, 0.4) is 0 Å². The van der Waals surface area contributed by atoms with Gasteiger partial charge in [-0.15, -0.1) is 0 Å². The van der Waals surface area contributed by atoms with E-state index in [9.17, 15) is 0 Å². The Balaban J connectivity index is 0.000000132. The molecule has 2 aliphatic carbocycles. The first-order chi connectivity index (χ1) is 47.6. The minimum atomic E-state index is -3.10. The average molecular weight is 1260 g/mol. The van der Waals surface area contributed by atoms with Crippen molar-refractivity contribution in [1.82, 2.24) is 23.5 Å². The zero-order valence-corrected chi connectivity index (χ0v) is 54.9. The van der Waals surface area contributed by atoms with E-state index in [1.165, 1.54) is 115 Å². The number of aromatic nitrogens is 5. The molecule has 0 radical (unpaired) electrons. The lowest BCUT2D eigenvalue weighted by atomic mass is 9.68. The molecule has 0 bridgehead atoms. The number of hydrogen-bond donors (Lipinski definition) is 0. The summed E-state index contributed by atoms with van der Waals surface area (Å²) in [6.45, 7) is 9.45. The van der Waals surface area contributed by atoms with E-state index in [2.05, 4.69) is 284 Å². The summed E-state index contributed by atoms with van der Waals surface area (Å²) >= 11 is 0. The normalized spacial score (nSPS) is 13.8. The number of fused-ring (bicyclic) bond motifs is 21. The van der Waals surface area contributed by atoms with Crippen LogP contribution in [0, 0.1) is 0 Å². The summed E-state index contributed by atoms with van der Waals surface area (Å²) in [6.07, 6.45) is 0. The Hall–Kier alpha value is -11.7. The van der Waals surface area contributed by atoms with Crippen molar-refractivity contribution < 1.29 is 4.57 Å². The predicted octanol–water partition coefficient (Wildman–Crippen LogP) is 21.8. The molecule has 0 amide bonds. The summed E-state index contributed by atoms with van der Waals surface area (Å²) in [7, 11) is -3.10. The number of rotatable bonds is 5. The lowest BCUT2D eigenvalue weighted by molar-refractivity contribution is 0.592. The Morgan fingerprint density at radius 1 is 0.309 bits per heavy atom. The number of nitrogens with zero attached hydrogens (tertiary/aromatic N) is 5. The third-order valence-electron chi connectivity index (χ3n) is 21.7. The summed E-state index contributed by atoms with van der Waals surface area (Å²) in [5.74, 6) is 0.842. The smallest absolute Gasteiger partial charge is 0.221 e. The van der Waals surface area contributed by atoms with E-state index in [0.29, 0.717) is 0 Å². The largest absolute Gasteiger partial charge is 0.309 e. The fourth-order valence-corrected chi connectivity index (χ4v) is 19.9. The molecule has 7 heteroatoms. The highest BCUT2D eigenvalue weighted by Crippen LogP contribution is 2.56. The Kier molecular flexibility index (Phi) is 11.7. The van der Waals surface area contributed by atoms with Gasteiger partial charge in [0.05, 0.1) is 38.6 Å². The van der Waals surface area contributed by atoms with Crippen molar-refractivity contribution in [1.29, 1.82) is 0 Å². The lowest BCUT2D eigenvalue weighted by Crippen LogP contribution is -2.25. The van der Waals surface area contributed by atoms with Crippen LogP contribution >= 0.6 is 7.14 Å². The van der Waals surface area contributed by atoms with Crippen molar-refractivity contribution in [2.75, 3.05) is 0 Å². The van der Waals surface area contributed by atoms with Crippen molar-refractivity contribution >= 4 is 137 Å². The quantitative estimate of drug-likeness (QED) is 0.161. The highest BCUT2D eigenvalue weighted by molar-refractivity contribution is 7.85. The summed E-state index contributed by atoms with van der Waals surface area (Å²) in [6, 6.07) is 108. The summed E-state index contributed by atoms with van der Waals surface area (Å²) < 4.78 is 22.3. The van der Waals surface area contributed by atoms with Gasteiger partial charge in [-0.3, -0.25) is 8.97 Å². The Bertz CT molecular complexity index is 6610. The van der Waals surface area contributed by atoms with Crippen LogP contribution in [0.25, 0.3) is 148 Å². The van der Waals surface area contributed by atoms with Crippen molar-refractivity contribution in [3.05, 3.63) is 326 Å². The molecule has 0 spiro atoms. The lowest BCUT2D eigenvalue weighted by Gasteiger charge is -2.35. The van der Waals surface area contributed by atoms with E-state index >= 15 is 4.57 Å². The Morgan fingerprint density at radius 2 is 0.742 bits per heavy atom. The predicted molar refractivity (Wildman–Crippen MR) is 408 cm³/mol. The molecule has 0 unspecified atom stereocenters. The van der Waals surface area contributed by atoms with Crippen molar-refractivity contribution in [2.24, 2.45) is 0 Å². The Labute approximate surface area is 560 Å². The number of benzene rings is 15. The zero-order chi connectivity index (χ0) is 64.6. The van der Waals surface area contributed by atoms with Crippen molar-refractivity contribution in [3.63, 3.8) is 0 Å². The monoisotopic (exact) mass is 1260 g/mol. The fourth-order valence-electron chi connectivity index (χ4n) is 17.3. The first-order valence-electron chi connectivity index (χ1n) is 33.6. The van der Waals surface area contributed by atoms with Crippen LogP contribution in [0.4, 0.5) is 0 Å². The molecule has 458 valence electrons. The maximum Gasteiger partial charge on any atom is 0.221 e. The van der Waals surface area contributed by atoms with Crippen LogP contribution in [0.1, 0.15) is 49.9 Å². The van der Waals surface area contributed by atoms with E-state index in [-0.39, 0.29) is 10.8 Å². The third-order valence-corrected chi connectivity index (χ3v) is 24.8. The second-order valence-electron chi connectivity index (χ2n) is 27.5. The first-order valence-corrected chi connectivity index (χ1v) is 35.3. The highest BCUT2D eigenvalue weighted by atomic mass is 31.2. The molecule has 4 heterocycles. The topological polar surface area (TPSA) is 57.1 Å². The van der Waals surface area contributed by atoms with E-state index in [1.807, 2.05) is 60.7 Å². The van der Waals surface area contributed by atoms with E-state index in [4.69, 9.17) is 9.97 Å². The van der Waals surface area contributed by atoms with E-state index in [0.717, 1.165) is 71.7 Å². The fraction of sp³-hybridized carbons (Fsp3) is 0.0667. The molecule has 19 aromatic rings. The van der Waals surface area contributed by atoms with Gasteiger partial charge in [0, 0.05) is 70.5 Å². The molecular formula is C90H62N5OP. The molecule has 0 N–H and O–H groups in total. The molecule has 0 aliphatic heterocycles. The van der Waals surface area contributed by atoms with Gasteiger partial charge in [-0.05, 0) is 149 Å². The van der Waals surface area contributed by atoms with Gasteiger partial charge in [-0.25, -0.2) is 9.97 Å². The van der Waals surface area contributed by atoms with E-state index < -0.39 is 7.14 Å². The molecule has 97 heavy (non-hydrogen) atoms. The van der Waals surface area contributed by atoms with Crippen LogP contribution in [0.5, 0.6) is 0 Å². The average Bonchev–Trinajstić information content (AvgIpc) is 1.53. The Morgan fingerprint density at radius 3 is 1.31 bits per heavy atom. The van der Waals surface area contributed by atoms with Gasteiger partial charge in [0.25, 0.3) is 0 Å². The van der Waals surface area contributed by atoms with Crippen molar-refractivity contribution in [3.8, 4) is 33.9 Å². The summed E-state index contributed by atoms with van der Waals surface area (Å²) in [5, 5.41) is 18.8. The first kappa shape index (κ1) is 55.7. The second-order valence-corrected chi connectivity index (χ2v) is 30.2. The number of hydrogen-bond acceptors (Lipinski definition) is 3. The summed E-state index contributed by atoms with van der Waals surface area (Å²) in [4.78, 5) is 10.7.